The summed E-state index contributed by atoms with van der Waals surface area (Å²) >= 11 is 6.08. The van der Waals surface area contributed by atoms with Crippen LogP contribution in [0.3, 0.4) is 0 Å². The van der Waals surface area contributed by atoms with Crippen molar-refractivity contribution in [1.29, 1.82) is 0 Å². The fourth-order valence-corrected chi connectivity index (χ4v) is 3.22. The Morgan fingerprint density at radius 1 is 1.30 bits per heavy atom. The topological polar surface area (TPSA) is 60.5 Å². The molecule has 0 aliphatic heterocycles. The Morgan fingerprint density at radius 3 is 2.35 bits per heavy atom. The zero-order chi connectivity index (χ0) is 15.2. The molecule has 0 saturated carbocycles. The monoisotopic (exact) mass is 318 g/mol. The highest BCUT2D eigenvalue weighted by Crippen LogP contribution is 2.59. The summed E-state index contributed by atoms with van der Waals surface area (Å²) in [6.07, 6.45) is 2.49. The van der Waals surface area contributed by atoms with E-state index in [-0.39, 0.29) is 17.0 Å². The summed E-state index contributed by atoms with van der Waals surface area (Å²) < 4.78 is 23.4. The van der Waals surface area contributed by atoms with Gasteiger partial charge in [0.1, 0.15) is 10.6 Å². The van der Waals surface area contributed by atoms with Crippen molar-refractivity contribution in [3.05, 3.63) is 35.4 Å². The lowest BCUT2D eigenvalue weighted by atomic mass is 10.5. The summed E-state index contributed by atoms with van der Waals surface area (Å²) in [5, 5.41) is 2.86. The van der Waals surface area contributed by atoms with Crippen molar-refractivity contribution in [2.24, 2.45) is 0 Å². The van der Waals surface area contributed by atoms with Crippen LogP contribution in [0.4, 0.5) is 5.82 Å². The molecule has 0 saturated heterocycles. The van der Waals surface area contributed by atoms with Gasteiger partial charge in [0.25, 0.3) is 0 Å². The van der Waals surface area contributed by atoms with Crippen molar-refractivity contribution in [3.8, 4) is 0 Å². The summed E-state index contributed by atoms with van der Waals surface area (Å²) in [6, 6.07) is 5.38. The molecular formula is C13H20ClN2O3P. The minimum absolute atomic E-state index is 0.00875. The number of hydrogen-bond acceptors (Lipinski definition) is 5. The molecule has 1 aromatic heterocycles. The Bertz CT molecular complexity index is 478. The second-order valence-corrected chi connectivity index (χ2v) is 7.20. The number of pyridine rings is 1. The molecule has 0 aromatic carbocycles. The molecule has 5 nitrogen and oxygen atoms in total. The smallest absolute Gasteiger partial charge is 0.345 e. The lowest BCUT2D eigenvalue weighted by Gasteiger charge is -2.22. The third kappa shape index (κ3) is 5.63. The van der Waals surface area contributed by atoms with Gasteiger partial charge in [-0.15, -0.1) is 0 Å². The van der Waals surface area contributed by atoms with Gasteiger partial charge in [0.05, 0.1) is 12.2 Å². The van der Waals surface area contributed by atoms with Crippen LogP contribution in [-0.2, 0) is 13.6 Å². The van der Waals surface area contributed by atoms with E-state index >= 15 is 0 Å². The summed E-state index contributed by atoms with van der Waals surface area (Å²) in [5.41, 5.74) is 0. The van der Waals surface area contributed by atoms with Crippen molar-refractivity contribution in [2.75, 3.05) is 5.32 Å². The Hall–Kier alpha value is -0.870. The molecule has 1 N–H and O–H groups in total. The van der Waals surface area contributed by atoms with E-state index in [1.54, 1.807) is 46.0 Å². The average Bonchev–Trinajstić information content (AvgIpc) is 2.35. The quantitative estimate of drug-likeness (QED) is 0.746. The second kappa shape index (κ2) is 7.79. The van der Waals surface area contributed by atoms with Gasteiger partial charge < -0.3 is 14.4 Å². The summed E-state index contributed by atoms with van der Waals surface area (Å²) in [7, 11) is -3.52. The van der Waals surface area contributed by atoms with E-state index < -0.39 is 7.60 Å². The average molecular weight is 319 g/mol. The number of nitrogens with zero attached hydrogens (tertiary/aromatic N) is 1. The van der Waals surface area contributed by atoms with Crippen molar-refractivity contribution < 1.29 is 13.6 Å². The van der Waals surface area contributed by atoms with Crippen LogP contribution in [0.15, 0.2) is 35.4 Å². The first-order valence-corrected chi connectivity index (χ1v) is 8.26. The molecule has 0 atom stereocenters. The summed E-state index contributed by atoms with van der Waals surface area (Å²) in [5.74, 6) is 0.589. The van der Waals surface area contributed by atoms with E-state index in [4.69, 9.17) is 20.6 Å². The molecule has 0 fully saturated rings. The Balaban J connectivity index is 2.87. The first-order chi connectivity index (χ1) is 9.33. The van der Waals surface area contributed by atoms with E-state index in [2.05, 4.69) is 10.3 Å². The van der Waals surface area contributed by atoms with E-state index in [0.29, 0.717) is 5.82 Å². The zero-order valence-corrected chi connectivity index (χ0v) is 13.7. The Morgan fingerprint density at radius 2 is 1.90 bits per heavy atom. The molecule has 0 unspecified atom stereocenters. The zero-order valence-electron chi connectivity index (χ0n) is 12.0. The molecule has 1 aromatic rings. The van der Waals surface area contributed by atoms with Crippen LogP contribution < -0.4 is 5.32 Å². The third-order valence-electron chi connectivity index (χ3n) is 1.96. The molecule has 20 heavy (non-hydrogen) atoms. The molecule has 0 amide bonds. The lowest BCUT2D eigenvalue weighted by molar-refractivity contribution is 0.148. The highest BCUT2D eigenvalue weighted by molar-refractivity contribution is 7.61. The van der Waals surface area contributed by atoms with E-state index in [9.17, 15) is 4.57 Å². The van der Waals surface area contributed by atoms with E-state index in [1.165, 1.54) is 6.20 Å². The number of halogens is 1. The predicted octanol–water partition coefficient (Wildman–Crippen LogP) is 4.57. The van der Waals surface area contributed by atoms with Crippen molar-refractivity contribution in [1.82, 2.24) is 4.98 Å². The van der Waals surface area contributed by atoms with Crippen molar-refractivity contribution >= 4 is 25.0 Å². The molecule has 0 aliphatic rings. The standard InChI is InChI=1S/C13H20ClN2O3P/c1-10(2)18-20(17,19-11(3)4)12(14)9-16-13-7-5-6-8-15-13/h5-11H,1-4H3,(H,15,16)/b12-9+. The third-order valence-corrected chi connectivity index (χ3v) is 4.75. The van der Waals surface area contributed by atoms with Gasteiger partial charge in [-0.2, -0.15) is 0 Å². The summed E-state index contributed by atoms with van der Waals surface area (Å²) in [4.78, 5) is 4.07. The molecule has 0 radical (unpaired) electrons. The largest absolute Gasteiger partial charge is 0.374 e. The van der Waals surface area contributed by atoms with Crippen molar-refractivity contribution in [2.45, 2.75) is 39.9 Å². The first kappa shape index (κ1) is 17.2. The molecule has 112 valence electrons. The van der Waals surface area contributed by atoms with Crippen LogP contribution in [0.5, 0.6) is 0 Å². The molecular weight excluding hydrogens is 299 g/mol. The van der Waals surface area contributed by atoms with Gasteiger partial charge in [0.15, 0.2) is 0 Å². The fourth-order valence-electron chi connectivity index (χ4n) is 1.34. The van der Waals surface area contributed by atoms with Gasteiger partial charge >= 0.3 is 7.60 Å². The number of aromatic nitrogens is 1. The van der Waals surface area contributed by atoms with Crippen LogP contribution in [0.25, 0.3) is 0 Å². The predicted molar refractivity (Wildman–Crippen MR) is 81.8 cm³/mol. The van der Waals surface area contributed by atoms with Crippen LogP contribution in [0.2, 0.25) is 0 Å². The number of nitrogens with one attached hydrogen (secondary N) is 1. The van der Waals surface area contributed by atoms with E-state index in [0.717, 1.165) is 0 Å². The van der Waals surface area contributed by atoms with Crippen LogP contribution in [0.1, 0.15) is 27.7 Å². The van der Waals surface area contributed by atoms with Crippen LogP contribution >= 0.6 is 19.2 Å². The Labute approximate surface area is 124 Å². The molecule has 0 spiro atoms. The minimum atomic E-state index is -3.52. The maximum atomic E-state index is 12.7. The van der Waals surface area contributed by atoms with Gasteiger partial charge in [0.2, 0.25) is 0 Å². The second-order valence-electron chi connectivity index (χ2n) is 4.63. The van der Waals surface area contributed by atoms with Gasteiger partial charge in [0, 0.05) is 12.4 Å². The SMILES string of the molecule is CC(C)OP(=O)(OC(C)C)/C(Cl)=C/Nc1ccccn1. The van der Waals surface area contributed by atoms with Gasteiger partial charge in [-0.05, 0) is 39.8 Å². The summed E-state index contributed by atoms with van der Waals surface area (Å²) in [6.45, 7) is 7.08. The number of rotatable bonds is 7. The number of anilines is 1. The van der Waals surface area contributed by atoms with Gasteiger partial charge in [-0.1, -0.05) is 17.7 Å². The Kier molecular flexibility index (Phi) is 6.69. The fraction of sp³-hybridized carbons (Fsp3) is 0.462. The van der Waals surface area contributed by atoms with Crippen LogP contribution in [0, 0.1) is 0 Å². The molecule has 7 heteroatoms. The minimum Gasteiger partial charge on any atom is -0.345 e. The molecule has 1 rings (SSSR count). The normalized spacial score (nSPS) is 13.1. The van der Waals surface area contributed by atoms with E-state index in [1.807, 2.05) is 6.07 Å². The highest BCUT2D eigenvalue weighted by Gasteiger charge is 2.32. The molecule has 1 heterocycles. The first-order valence-electron chi connectivity index (χ1n) is 6.34. The lowest BCUT2D eigenvalue weighted by Crippen LogP contribution is -2.08. The maximum Gasteiger partial charge on any atom is 0.374 e. The van der Waals surface area contributed by atoms with Crippen molar-refractivity contribution in [3.63, 3.8) is 0 Å². The number of hydrogen-bond donors (Lipinski definition) is 1. The molecule has 0 aliphatic carbocycles. The van der Waals surface area contributed by atoms with Gasteiger partial charge in [-0.25, -0.2) is 4.98 Å². The molecule has 0 bridgehead atoms. The highest BCUT2D eigenvalue weighted by atomic mass is 35.5. The van der Waals surface area contributed by atoms with Gasteiger partial charge in [-0.3, -0.25) is 4.57 Å². The van der Waals surface area contributed by atoms with Crippen LogP contribution in [-0.4, -0.2) is 17.2 Å². The maximum absolute atomic E-state index is 12.7.